The number of amides is 1. The van der Waals surface area contributed by atoms with Gasteiger partial charge in [0.1, 0.15) is 0 Å². The molecule has 0 aliphatic carbocycles. The van der Waals surface area contributed by atoms with Crippen LogP contribution in [0.2, 0.25) is 0 Å². The fourth-order valence-corrected chi connectivity index (χ4v) is 3.57. The van der Waals surface area contributed by atoms with Gasteiger partial charge in [-0.2, -0.15) is 0 Å². The maximum atomic E-state index is 12.7. The Labute approximate surface area is 113 Å². The normalized spacial score (nSPS) is 29.6. The molecule has 2 unspecified atom stereocenters. The summed E-state index contributed by atoms with van der Waals surface area (Å²) in [5.74, 6) is 0.0646. The van der Waals surface area contributed by atoms with Crippen molar-refractivity contribution in [1.29, 1.82) is 0 Å². The van der Waals surface area contributed by atoms with Gasteiger partial charge in [0.15, 0.2) is 0 Å². The van der Waals surface area contributed by atoms with Crippen LogP contribution in [0, 0.1) is 6.92 Å². The first-order chi connectivity index (χ1) is 9.04. The average molecular weight is 260 g/mol. The Balaban J connectivity index is 1.88. The third kappa shape index (κ3) is 2.21. The molecule has 2 bridgehead atoms. The number of nitrogen functional groups attached to an aromatic ring is 1. The molecule has 1 aromatic rings. The highest BCUT2D eigenvalue weighted by molar-refractivity contribution is 5.96. The Kier molecular flexibility index (Phi) is 2.97. The van der Waals surface area contributed by atoms with E-state index >= 15 is 0 Å². The molecule has 1 amide bonds. The van der Waals surface area contributed by atoms with Crippen LogP contribution in [0.15, 0.2) is 18.2 Å². The zero-order valence-corrected chi connectivity index (χ0v) is 11.2. The van der Waals surface area contributed by atoms with E-state index in [1.54, 1.807) is 6.07 Å². The molecule has 4 heteroatoms. The number of hydrogen-bond donors (Lipinski definition) is 2. The Morgan fingerprint density at radius 3 is 2.47 bits per heavy atom. The number of anilines is 1. The van der Waals surface area contributed by atoms with E-state index in [9.17, 15) is 9.90 Å². The summed E-state index contributed by atoms with van der Waals surface area (Å²) < 4.78 is 0. The van der Waals surface area contributed by atoms with Gasteiger partial charge >= 0.3 is 0 Å². The molecule has 2 saturated heterocycles. The van der Waals surface area contributed by atoms with E-state index in [0.717, 1.165) is 18.4 Å². The fourth-order valence-electron chi connectivity index (χ4n) is 3.57. The number of piperidine rings is 1. The lowest BCUT2D eigenvalue weighted by atomic mass is 9.98. The quantitative estimate of drug-likeness (QED) is 0.755. The fraction of sp³-hybridized carbons (Fsp3) is 0.533. The minimum Gasteiger partial charge on any atom is -0.399 e. The average Bonchev–Trinajstić information content (AvgIpc) is 2.59. The highest BCUT2D eigenvalue weighted by Gasteiger charge is 2.42. The number of hydrogen-bond acceptors (Lipinski definition) is 3. The lowest BCUT2D eigenvalue weighted by molar-refractivity contribution is 0.0287. The van der Waals surface area contributed by atoms with Crippen LogP contribution < -0.4 is 5.73 Å². The van der Waals surface area contributed by atoms with Gasteiger partial charge in [-0.1, -0.05) is 0 Å². The number of nitrogens with two attached hydrogens (primary N) is 1. The van der Waals surface area contributed by atoms with Gasteiger partial charge in [-0.3, -0.25) is 4.79 Å². The van der Waals surface area contributed by atoms with Crippen molar-refractivity contribution in [2.75, 3.05) is 5.73 Å². The molecule has 0 radical (unpaired) electrons. The second kappa shape index (κ2) is 4.53. The van der Waals surface area contributed by atoms with E-state index in [1.807, 2.05) is 24.0 Å². The van der Waals surface area contributed by atoms with Gasteiger partial charge < -0.3 is 15.7 Å². The van der Waals surface area contributed by atoms with Crippen LogP contribution in [-0.4, -0.2) is 34.1 Å². The van der Waals surface area contributed by atoms with Crippen LogP contribution in [0.4, 0.5) is 5.69 Å². The topological polar surface area (TPSA) is 66.6 Å². The number of rotatable bonds is 1. The third-order valence-corrected chi connectivity index (χ3v) is 4.29. The Morgan fingerprint density at radius 1 is 1.26 bits per heavy atom. The smallest absolute Gasteiger partial charge is 0.254 e. The van der Waals surface area contributed by atoms with Crippen LogP contribution in [-0.2, 0) is 0 Å². The first kappa shape index (κ1) is 12.5. The molecule has 2 aliphatic rings. The molecule has 2 aliphatic heterocycles. The van der Waals surface area contributed by atoms with Crippen molar-refractivity contribution in [1.82, 2.24) is 4.90 Å². The molecule has 0 spiro atoms. The van der Waals surface area contributed by atoms with Gasteiger partial charge in [-0.25, -0.2) is 0 Å². The van der Waals surface area contributed by atoms with E-state index in [0.29, 0.717) is 24.1 Å². The molecule has 19 heavy (non-hydrogen) atoms. The summed E-state index contributed by atoms with van der Waals surface area (Å²) in [5.41, 5.74) is 8.13. The van der Waals surface area contributed by atoms with Gasteiger partial charge in [-0.05, 0) is 56.4 Å². The summed E-state index contributed by atoms with van der Waals surface area (Å²) in [5, 5.41) is 9.79. The molecule has 2 fully saturated rings. The molecule has 2 atom stereocenters. The van der Waals surface area contributed by atoms with Gasteiger partial charge in [0.05, 0.1) is 6.10 Å². The van der Waals surface area contributed by atoms with Crippen molar-refractivity contribution in [2.45, 2.75) is 50.8 Å². The van der Waals surface area contributed by atoms with Crippen molar-refractivity contribution in [2.24, 2.45) is 0 Å². The maximum absolute atomic E-state index is 12.7. The number of carbonyl (C=O) groups is 1. The summed E-state index contributed by atoms with van der Waals surface area (Å²) in [7, 11) is 0. The van der Waals surface area contributed by atoms with Gasteiger partial charge in [0.2, 0.25) is 0 Å². The Morgan fingerprint density at radius 2 is 1.89 bits per heavy atom. The second-order valence-corrected chi connectivity index (χ2v) is 5.86. The molecular weight excluding hydrogens is 240 g/mol. The minimum absolute atomic E-state index is 0.0646. The highest BCUT2D eigenvalue weighted by atomic mass is 16.3. The van der Waals surface area contributed by atoms with E-state index in [4.69, 9.17) is 5.73 Å². The number of benzene rings is 1. The van der Waals surface area contributed by atoms with Crippen molar-refractivity contribution in [3.05, 3.63) is 29.3 Å². The third-order valence-electron chi connectivity index (χ3n) is 4.29. The number of aliphatic hydroxyl groups is 1. The predicted octanol–water partition coefficient (Wildman–Crippen LogP) is 1.71. The SMILES string of the molecule is Cc1cc(N)cc(C(=O)N2C3CCC2CC(O)C3)c1. The van der Waals surface area contributed by atoms with Crippen LogP contribution in [0.1, 0.15) is 41.6 Å². The number of aliphatic hydroxyl groups excluding tert-OH is 1. The number of carbonyl (C=O) groups excluding carboxylic acids is 1. The number of aryl methyl sites for hydroxylation is 1. The molecular formula is C15H20N2O2. The molecule has 3 rings (SSSR count). The summed E-state index contributed by atoms with van der Waals surface area (Å²) in [6.07, 6.45) is 3.19. The Hall–Kier alpha value is -1.55. The molecule has 0 aromatic heterocycles. The lowest BCUT2D eigenvalue weighted by Gasteiger charge is -2.37. The first-order valence-corrected chi connectivity index (χ1v) is 6.92. The van der Waals surface area contributed by atoms with Gasteiger partial charge in [-0.15, -0.1) is 0 Å². The van der Waals surface area contributed by atoms with Gasteiger partial charge in [0, 0.05) is 23.3 Å². The van der Waals surface area contributed by atoms with E-state index < -0.39 is 0 Å². The Bertz CT molecular complexity index is 481. The molecule has 0 saturated carbocycles. The van der Waals surface area contributed by atoms with Crippen molar-refractivity contribution < 1.29 is 9.90 Å². The summed E-state index contributed by atoms with van der Waals surface area (Å²) >= 11 is 0. The van der Waals surface area contributed by atoms with E-state index in [2.05, 4.69) is 0 Å². The highest BCUT2D eigenvalue weighted by Crippen LogP contribution is 2.36. The van der Waals surface area contributed by atoms with Crippen LogP contribution in [0.25, 0.3) is 0 Å². The largest absolute Gasteiger partial charge is 0.399 e. The van der Waals surface area contributed by atoms with E-state index in [-0.39, 0.29) is 24.1 Å². The molecule has 2 heterocycles. The first-order valence-electron chi connectivity index (χ1n) is 6.92. The molecule has 4 nitrogen and oxygen atoms in total. The van der Waals surface area contributed by atoms with Crippen LogP contribution in [0.5, 0.6) is 0 Å². The van der Waals surface area contributed by atoms with Crippen molar-refractivity contribution >= 4 is 11.6 Å². The van der Waals surface area contributed by atoms with Gasteiger partial charge in [0.25, 0.3) is 5.91 Å². The van der Waals surface area contributed by atoms with Crippen LogP contribution >= 0.6 is 0 Å². The van der Waals surface area contributed by atoms with Crippen molar-refractivity contribution in [3.63, 3.8) is 0 Å². The maximum Gasteiger partial charge on any atom is 0.254 e. The molecule has 102 valence electrons. The zero-order valence-electron chi connectivity index (χ0n) is 11.2. The number of nitrogens with zero attached hydrogens (tertiary/aromatic N) is 1. The summed E-state index contributed by atoms with van der Waals surface area (Å²) in [4.78, 5) is 14.6. The molecule has 1 aromatic carbocycles. The van der Waals surface area contributed by atoms with Crippen molar-refractivity contribution in [3.8, 4) is 0 Å². The zero-order chi connectivity index (χ0) is 13.6. The summed E-state index contributed by atoms with van der Waals surface area (Å²) in [6, 6.07) is 5.90. The number of fused-ring (bicyclic) bond motifs is 2. The monoisotopic (exact) mass is 260 g/mol. The minimum atomic E-state index is -0.246. The lowest BCUT2D eigenvalue weighted by Crippen LogP contribution is -2.48. The summed E-state index contributed by atoms with van der Waals surface area (Å²) in [6.45, 7) is 1.95. The molecule has 3 N–H and O–H groups in total. The second-order valence-electron chi connectivity index (χ2n) is 5.86. The van der Waals surface area contributed by atoms with Crippen LogP contribution in [0.3, 0.4) is 0 Å². The predicted molar refractivity (Wildman–Crippen MR) is 73.8 cm³/mol. The van der Waals surface area contributed by atoms with E-state index in [1.165, 1.54) is 0 Å². The standard InChI is InChI=1S/C15H20N2O2/c1-9-4-10(6-11(16)5-9)15(19)17-12-2-3-13(17)8-14(18)7-12/h4-6,12-14,18H,2-3,7-8,16H2,1H3.